The van der Waals surface area contributed by atoms with Crippen LogP contribution in [-0.4, -0.2) is 23.1 Å². The molecule has 0 amide bonds. The third kappa shape index (κ3) is 3.08. The molecular weight excluding hydrogens is 310 g/mol. The molecule has 1 atom stereocenters. The van der Waals surface area contributed by atoms with Crippen molar-refractivity contribution in [3.8, 4) is 0 Å². The molecule has 0 bridgehead atoms. The minimum absolute atomic E-state index is 0.132. The number of rotatable bonds is 4. The molecule has 0 radical (unpaired) electrons. The van der Waals surface area contributed by atoms with Crippen molar-refractivity contribution < 1.29 is 0 Å². The second-order valence-electron chi connectivity index (χ2n) is 6.82. The standard InChI is InChI=1S/C17H20ClN3Si/c1-22(2,3)12-17(13-8-4-5-9-14(13)18)21-16-11-7-6-10-15(16)19-20-21/h4-11,17H,12H2,1-3H3/t17-/m1/s1. The van der Waals surface area contributed by atoms with Crippen LogP contribution in [0.15, 0.2) is 48.5 Å². The smallest absolute Gasteiger partial charge is 0.113 e. The molecule has 3 nitrogen and oxygen atoms in total. The first-order chi connectivity index (χ1) is 10.5. The Morgan fingerprint density at radius 1 is 1.05 bits per heavy atom. The number of benzene rings is 2. The number of halogens is 1. The Morgan fingerprint density at radius 3 is 2.45 bits per heavy atom. The van der Waals surface area contributed by atoms with Crippen LogP contribution in [0.25, 0.3) is 11.0 Å². The van der Waals surface area contributed by atoms with Gasteiger partial charge in [0.05, 0.1) is 11.6 Å². The molecule has 1 heterocycles. The van der Waals surface area contributed by atoms with Crippen LogP contribution in [0.2, 0.25) is 30.7 Å². The van der Waals surface area contributed by atoms with Crippen molar-refractivity contribution in [1.82, 2.24) is 15.0 Å². The summed E-state index contributed by atoms with van der Waals surface area (Å²) in [4.78, 5) is 0. The Balaban J connectivity index is 2.15. The lowest BCUT2D eigenvalue weighted by Gasteiger charge is -2.26. The molecule has 0 aliphatic rings. The van der Waals surface area contributed by atoms with Gasteiger partial charge in [0.1, 0.15) is 5.52 Å². The van der Waals surface area contributed by atoms with E-state index in [-0.39, 0.29) is 6.04 Å². The van der Waals surface area contributed by atoms with Crippen LogP contribution >= 0.6 is 11.6 Å². The lowest BCUT2D eigenvalue weighted by Crippen LogP contribution is -2.27. The lowest BCUT2D eigenvalue weighted by molar-refractivity contribution is 0.554. The Kier molecular flexibility index (Phi) is 4.06. The summed E-state index contributed by atoms with van der Waals surface area (Å²) < 4.78 is 2.04. The third-order valence-corrected chi connectivity index (χ3v) is 5.70. The summed E-state index contributed by atoms with van der Waals surface area (Å²) in [5, 5.41) is 9.53. The SMILES string of the molecule is C[Si](C)(C)C[C@H](c1ccccc1Cl)n1nnc2ccccc21. The van der Waals surface area contributed by atoms with Gasteiger partial charge in [-0.3, -0.25) is 0 Å². The van der Waals surface area contributed by atoms with Crippen molar-refractivity contribution in [2.75, 3.05) is 0 Å². The van der Waals surface area contributed by atoms with Gasteiger partial charge in [-0.25, -0.2) is 4.68 Å². The maximum Gasteiger partial charge on any atom is 0.113 e. The zero-order chi connectivity index (χ0) is 15.7. The fourth-order valence-corrected chi connectivity index (χ4v) is 4.59. The van der Waals surface area contributed by atoms with E-state index >= 15 is 0 Å². The summed E-state index contributed by atoms with van der Waals surface area (Å²) in [6.45, 7) is 7.11. The van der Waals surface area contributed by atoms with E-state index in [0.717, 1.165) is 27.7 Å². The average molecular weight is 330 g/mol. The van der Waals surface area contributed by atoms with E-state index in [1.807, 2.05) is 41.1 Å². The molecule has 3 rings (SSSR count). The fraction of sp³-hybridized carbons (Fsp3) is 0.294. The van der Waals surface area contributed by atoms with E-state index in [4.69, 9.17) is 11.6 Å². The Hall–Kier alpha value is -1.65. The molecule has 114 valence electrons. The van der Waals surface area contributed by atoms with Gasteiger partial charge in [-0.15, -0.1) is 5.10 Å². The molecule has 3 aromatic rings. The van der Waals surface area contributed by atoms with Gasteiger partial charge in [-0.1, -0.05) is 66.8 Å². The molecule has 0 unspecified atom stereocenters. The van der Waals surface area contributed by atoms with Crippen molar-refractivity contribution >= 4 is 30.7 Å². The number of para-hydroxylation sites is 1. The molecule has 0 N–H and O–H groups in total. The van der Waals surface area contributed by atoms with Crippen LogP contribution < -0.4 is 0 Å². The first-order valence-electron chi connectivity index (χ1n) is 7.50. The van der Waals surface area contributed by atoms with Crippen LogP contribution in [-0.2, 0) is 0 Å². The molecule has 0 saturated carbocycles. The number of nitrogens with zero attached hydrogens (tertiary/aromatic N) is 3. The number of hydrogen-bond donors (Lipinski definition) is 0. The summed E-state index contributed by atoms with van der Waals surface area (Å²) in [6.07, 6.45) is 0. The van der Waals surface area contributed by atoms with E-state index < -0.39 is 8.07 Å². The van der Waals surface area contributed by atoms with Crippen LogP contribution in [0.3, 0.4) is 0 Å². The van der Waals surface area contributed by atoms with Gasteiger partial charge in [0.2, 0.25) is 0 Å². The average Bonchev–Trinajstić information content (AvgIpc) is 2.88. The predicted molar refractivity (Wildman–Crippen MR) is 95.3 cm³/mol. The first kappa shape index (κ1) is 15.3. The second kappa shape index (κ2) is 5.86. The topological polar surface area (TPSA) is 30.7 Å². The molecule has 0 aliphatic heterocycles. The van der Waals surface area contributed by atoms with Gasteiger partial charge < -0.3 is 0 Å². The molecule has 0 saturated heterocycles. The minimum Gasteiger partial charge on any atom is -0.237 e. The van der Waals surface area contributed by atoms with Gasteiger partial charge in [0.25, 0.3) is 0 Å². The van der Waals surface area contributed by atoms with Crippen molar-refractivity contribution in [3.63, 3.8) is 0 Å². The number of fused-ring (bicyclic) bond motifs is 1. The molecule has 2 aromatic carbocycles. The fourth-order valence-electron chi connectivity index (χ4n) is 2.77. The first-order valence-corrected chi connectivity index (χ1v) is 11.6. The van der Waals surface area contributed by atoms with E-state index in [1.165, 1.54) is 0 Å². The van der Waals surface area contributed by atoms with Crippen LogP contribution in [0.1, 0.15) is 11.6 Å². The Morgan fingerprint density at radius 2 is 1.73 bits per heavy atom. The van der Waals surface area contributed by atoms with E-state index in [1.54, 1.807) is 0 Å². The van der Waals surface area contributed by atoms with Crippen molar-refractivity contribution in [2.45, 2.75) is 31.7 Å². The molecule has 0 fully saturated rings. The molecule has 0 spiro atoms. The van der Waals surface area contributed by atoms with Crippen LogP contribution in [0, 0.1) is 0 Å². The van der Waals surface area contributed by atoms with Crippen LogP contribution in [0.5, 0.6) is 0 Å². The van der Waals surface area contributed by atoms with Crippen molar-refractivity contribution in [3.05, 3.63) is 59.1 Å². The van der Waals surface area contributed by atoms with E-state index in [0.29, 0.717) is 0 Å². The third-order valence-electron chi connectivity index (χ3n) is 3.74. The summed E-state index contributed by atoms with van der Waals surface area (Å²) in [7, 11) is -1.32. The van der Waals surface area contributed by atoms with Gasteiger partial charge in [0.15, 0.2) is 0 Å². The normalized spacial score (nSPS) is 13.5. The Labute approximate surface area is 136 Å². The molecule has 0 aliphatic carbocycles. The van der Waals surface area contributed by atoms with Crippen molar-refractivity contribution in [1.29, 1.82) is 0 Å². The lowest BCUT2D eigenvalue weighted by atomic mass is 10.1. The van der Waals surface area contributed by atoms with Gasteiger partial charge in [0, 0.05) is 13.1 Å². The number of aromatic nitrogens is 3. The minimum atomic E-state index is -1.32. The maximum absolute atomic E-state index is 6.47. The van der Waals surface area contributed by atoms with Gasteiger partial charge in [-0.05, 0) is 29.8 Å². The van der Waals surface area contributed by atoms with Crippen LogP contribution in [0.4, 0.5) is 0 Å². The Bertz CT molecular complexity index is 792. The number of hydrogen-bond acceptors (Lipinski definition) is 2. The highest BCUT2D eigenvalue weighted by molar-refractivity contribution is 6.76. The molecule has 1 aromatic heterocycles. The summed E-state index contributed by atoms with van der Waals surface area (Å²) in [6, 6.07) is 17.4. The molecular formula is C17H20ClN3Si. The zero-order valence-electron chi connectivity index (χ0n) is 13.1. The van der Waals surface area contributed by atoms with E-state index in [9.17, 15) is 0 Å². The monoisotopic (exact) mass is 329 g/mol. The van der Waals surface area contributed by atoms with E-state index in [2.05, 4.69) is 42.1 Å². The van der Waals surface area contributed by atoms with Crippen molar-refractivity contribution in [2.24, 2.45) is 0 Å². The highest BCUT2D eigenvalue weighted by Gasteiger charge is 2.26. The molecule has 5 heteroatoms. The highest BCUT2D eigenvalue weighted by Crippen LogP contribution is 2.33. The predicted octanol–water partition coefficient (Wildman–Crippen LogP) is 5.01. The zero-order valence-corrected chi connectivity index (χ0v) is 14.9. The highest BCUT2D eigenvalue weighted by atomic mass is 35.5. The van der Waals surface area contributed by atoms with Gasteiger partial charge in [-0.2, -0.15) is 0 Å². The summed E-state index contributed by atoms with van der Waals surface area (Å²) in [5.41, 5.74) is 3.11. The summed E-state index contributed by atoms with van der Waals surface area (Å²) >= 11 is 6.47. The van der Waals surface area contributed by atoms with Gasteiger partial charge >= 0.3 is 0 Å². The molecule has 22 heavy (non-hydrogen) atoms. The quantitative estimate of drug-likeness (QED) is 0.630. The second-order valence-corrected chi connectivity index (χ2v) is 12.8. The maximum atomic E-state index is 6.47. The largest absolute Gasteiger partial charge is 0.237 e. The summed E-state index contributed by atoms with van der Waals surface area (Å²) in [5.74, 6) is 0.